The summed E-state index contributed by atoms with van der Waals surface area (Å²) in [4.78, 5) is 20.8. The summed E-state index contributed by atoms with van der Waals surface area (Å²) < 4.78 is 6.88. The number of likely N-dealkylation sites (N-methyl/N-ethyl adjacent to an activating group) is 1. The molecule has 20 heavy (non-hydrogen) atoms. The predicted molar refractivity (Wildman–Crippen MR) is 70.9 cm³/mol. The number of hydroxylamine groups is 2. The lowest BCUT2D eigenvalue weighted by molar-refractivity contribution is -0.179. The lowest BCUT2D eigenvalue weighted by Crippen LogP contribution is -2.31. The Kier molecular flexibility index (Phi) is 4.44. The number of aromatic nitrogens is 3. The second-order valence-corrected chi connectivity index (χ2v) is 4.07. The van der Waals surface area contributed by atoms with Crippen molar-refractivity contribution in [1.29, 1.82) is 0 Å². The van der Waals surface area contributed by atoms with Crippen LogP contribution in [-0.4, -0.2) is 47.0 Å². The lowest BCUT2D eigenvalue weighted by Gasteiger charge is -2.21. The maximum absolute atomic E-state index is 12.1. The Bertz CT molecular complexity index is 554. The Morgan fingerprint density at radius 1 is 1.30 bits per heavy atom. The zero-order valence-corrected chi connectivity index (χ0v) is 11.6. The lowest BCUT2D eigenvalue weighted by atomic mass is 10.1. The van der Waals surface area contributed by atoms with Crippen LogP contribution in [0.4, 0.5) is 0 Å². The fourth-order valence-corrected chi connectivity index (χ4v) is 1.78. The van der Waals surface area contributed by atoms with Crippen molar-refractivity contribution in [3.63, 3.8) is 0 Å². The molecular formula is C13H16N4O3. The van der Waals surface area contributed by atoms with Gasteiger partial charge in [-0.2, -0.15) is 5.10 Å². The van der Waals surface area contributed by atoms with Crippen LogP contribution in [0.2, 0.25) is 0 Å². The van der Waals surface area contributed by atoms with Crippen LogP contribution in [0.5, 0.6) is 0 Å². The summed E-state index contributed by atoms with van der Waals surface area (Å²) in [5, 5.41) is 5.18. The minimum Gasteiger partial charge on any atom is -0.367 e. The van der Waals surface area contributed by atoms with E-state index in [-0.39, 0.29) is 5.91 Å². The highest BCUT2D eigenvalue weighted by atomic mass is 16.7. The molecule has 1 amide bonds. The molecule has 1 aromatic carbocycles. The first-order chi connectivity index (χ1) is 9.67. The van der Waals surface area contributed by atoms with Gasteiger partial charge in [-0.05, 0) is 17.7 Å². The highest BCUT2D eigenvalue weighted by molar-refractivity contribution is 5.81. The molecule has 0 aliphatic heterocycles. The third-order valence-corrected chi connectivity index (χ3v) is 2.92. The molecule has 2 aromatic rings. The quantitative estimate of drug-likeness (QED) is 0.761. The number of benzene rings is 1. The molecule has 0 N–H and O–H groups in total. The van der Waals surface area contributed by atoms with E-state index >= 15 is 0 Å². The minimum atomic E-state index is -0.704. The van der Waals surface area contributed by atoms with Crippen LogP contribution in [0, 0.1) is 0 Å². The van der Waals surface area contributed by atoms with Crippen LogP contribution in [0.3, 0.4) is 0 Å². The molecule has 0 saturated carbocycles. The number of nitrogens with zero attached hydrogens (tertiary/aromatic N) is 4. The summed E-state index contributed by atoms with van der Waals surface area (Å²) >= 11 is 0. The van der Waals surface area contributed by atoms with E-state index in [1.165, 1.54) is 27.6 Å². The number of hydrogen-bond acceptors (Lipinski definition) is 5. The van der Waals surface area contributed by atoms with Gasteiger partial charge in [0.1, 0.15) is 12.7 Å². The fourth-order valence-electron chi connectivity index (χ4n) is 1.78. The average Bonchev–Trinajstić information content (AvgIpc) is 3.02. The molecule has 7 nitrogen and oxygen atoms in total. The number of methoxy groups -OCH3 is 1. The molecular weight excluding hydrogens is 260 g/mol. The monoisotopic (exact) mass is 276 g/mol. The van der Waals surface area contributed by atoms with Crippen molar-refractivity contribution in [2.45, 2.75) is 6.10 Å². The topological polar surface area (TPSA) is 69.5 Å². The van der Waals surface area contributed by atoms with E-state index in [2.05, 4.69) is 10.1 Å². The van der Waals surface area contributed by atoms with Crippen LogP contribution >= 0.6 is 0 Å². The maximum Gasteiger partial charge on any atom is 0.279 e. The van der Waals surface area contributed by atoms with Crippen molar-refractivity contribution in [1.82, 2.24) is 19.8 Å². The molecule has 0 fully saturated rings. The number of carbonyl (C=O) groups excluding carboxylic acids is 1. The first kappa shape index (κ1) is 14.2. The van der Waals surface area contributed by atoms with E-state index in [0.717, 1.165) is 16.3 Å². The van der Waals surface area contributed by atoms with Crippen molar-refractivity contribution in [2.24, 2.45) is 0 Å². The Morgan fingerprint density at radius 2 is 2.00 bits per heavy atom. The van der Waals surface area contributed by atoms with Crippen LogP contribution in [0.15, 0.2) is 36.9 Å². The molecule has 1 unspecified atom stereocenters. The van der Waals surface area contributed by atoms with E-state index in [1.54, 1.807) is 11.0 Å². The van der Waals surface area contributed by atoms with E-state index in [4.69, 9.17) is 9.57 Å². The van der Waals surface area contributed by atoms with Crippen LogP contribution in [0.25, 0.3) is 5.69 Å². The van der Waals surface area contributed by atoms with Gasteiger partial charge < -0.3 is 4.74 Å². The molecule has 0 aliphatic carbocycles. The smallest absolute Gasteiger partial charge is 0.279 e. The van der Waals surface area contributed by atoms with Gasteiger partial charge in [-0.1, -0.05) is 12.1 Å². The largest absolute Gasteiger partial charge is 0.367 e. The van der Waals surface area contributed by atoms with Gasteiger partial charge in [0.2, 0.25) is 0 Å². The summed E-state index contributed by atoms with van der Waals surface area (Å²) in [6.45, 7) is 0. The van der Waals surface area contributed by atoms with E-state index in [1.807, 2.05) is 24.3 Å². The zero-order chi connectivity index (χ0) is 14.5. The second-order valence-electron chi connectivity index (χ2n) is 4.07. The van der Waals surface area contributed by atoms with E-state index < -0.39 is 6.10 Å². The first-order valence-corrected chi connectivity index (χ1v) is 5.96. The van der Waals surface area contributed by atoms with Crippen LogP contribution in [0.1, 0.15) is 11.7 Å². The van der Waals surface area contributed by atoms with Crippen molar-refractivity contribution >= 4 is 5.91 Å². The summed E-state index contributed by atoms with van der Waals surface area (Å²) in [6.07, 6.45) is 2.36. The van der Waals surface area contributed by atoms with E-state index in [0.29, 0.717) is 0 Å². The SMILES string of the molecule is COC(C(=O)N(C)OC)c1ccc(-n2cncn2)cc1. The van der Waals surface area contributed by atoms with Gasteiger partial charge in [-0.3, -0.25) is 9.63 Å². The normalized spacial score (nSPS) is 12.2. The average molecular weight is 276 g/mol. The van der Waals surface area contributed by atoms with Crippen molar-refractivity contribution < 1.29 is 14.4 Å². The fraction of sp³-hybridized carbons (Fsp3) is 0.308. The Balaban J connectivity index is 2.21. The predicted octanol–water partition coefficient (Wildman–Crippen LogP) is 0.975. The highest BCUT2D eigenvalue weighted by Crippen LogP contribution is 2.20. The molecule has 0 bridgehead atoms. The van der Waals surface area contributed by atoms with Gasteiger partial charge in [-0.15, -0.1) is 0 Å². The van der Waals surface area contributed by atoms with Gasteiger partial charge in [0, 0.05) is 14.2 Å². The Labute approximate surface area is 116 Å². The molecule has 1 atom stereocenters. The summed E-state index contributed by atoms with van der Waals surface area (Å²) in [5.41, 5.74) is 1.60. The summed E-state index contributed by atoms with van der Waals surface area (Å²) in [7, 11) is 4.45. The second kappa shape index (κ2) is 6.27. The van der Waals surface area contributed by atoms with Gasteiger partial charge in [0.25, 0.3) is 5.91 Å². The molecule has 2 rings (SSSR count). The molecule has 0 saturated heterocycles. The van der Waals surface area contributed by atoms with Gasteiger partial charge in [0.15, 0.2) is 6.10 Å². The number of carbonyl (C=O) groups is 1. The molecule has 0 spiro atoms. The first-order valence-electron chi connectivity index (χ1n) is 5.96. The molecule has 106 valence electrons. The van der Waals surface area contributed by atoms with Crippen LogP contribution < -0.4 is 0 Å². The Hall–Kier alpha value is -2.25. The van der Waals surface area contributed by atoms with Crippen molar-refractivity contribution in [3.8, 4) is 5.69 Å². The Morgan fingerprint density at radius 3 is 2.50 bits per heavy atom. The molecule has 0 aliphatic rings. The number of amides is 1. The molecule has 1 heterocycles. The molecule has 0 radical (unpaired) electrons. The highest BCUT2D eigenvalue weighted by Gasteiger charge is 2.23. The number of hydrogen-bond donors (Lipinski definition) is 0. The van der Waals surface area contributed by atoms with Gasteiger partial charge in [-0.25, -0.2) is 14.7 Å². The molecule has 1 aromatic heterocycles. The molecule has 7 heteroatoms. The third kappa shape index (κ3) is 2.84. The van der Waals surface area contributed by atoms with Crippen molar-refractivity contribution in [3.05, 3.63) is 42.5 Å². The van der Waals surface area contributed by atoms with Crippen molar-refractivity contribution in [2.75, 3.05) is 21.3 Å². The third-order valence-electron chi connectivity index (χ3n) is 2.92. The summed E-state index contributed by atoms with van der Waals surface area (Å²) in [5.74, 6) is -0.275. The number of rotatable bonds is 5. The summed E-state index contributed by atoms with van der Waals surface area (Å²) in [6, 6.07) is 7.31. The number of ether oxygens (including phenoxy) is 1. The van der Waals surface area contributed by atoms with Gasteiger partial charge in [0.05, 0.1) is 12.8 Å². The maximum atomic E-state index is 12.1. The van der Waals surface area contributed by atoms with Gasteiger partial charge >= 0.3 is 0 Å². The standard InChI is InChI=1S/C13H16N4O3/c1-16(20-3)13(18)12(19-2)10-4-6-11(7-5-10)17-9-14-8-15-17/h4-9,12H,1-3H3. The van der Waals surface area contributed by atoms with E-state index in [9.17, 15) is 4.79 Å². The van der Waals surface area contributed by atoms with Crippen LogP contribution in [-0.2, 0) is 14.4 Å². The minimum absolute atomic E-state index is 0.275. The zero-order valence-electron chi connectivity index (χ0n) is 11.6.